The van der Waals surface area contributed by atoms with E-state index in [1.807, 2.05) is 36.5 Å². The Morgan fingerprint density at radius 1 is 1.14 bits per heavy atom. The number of hydrogen-bond acceptors (Lipinski definition) is 2. The van der Waals surface area contributed by atoms with Crippen LogP contribution in [0.4, 0.5) is 0 Å². The van der Waals surface area contributed by atoms with E-state index >= 15 is 0 Å². The van der Waals surface area contributed by atoms with Crippen molar-refractivity contribution in [2.45, 2.75) is 26.4 Å². The summed E-state index contributed by atoms with van der Waals surface area (Å²) in [6, 6.07) is 12.2. The van der Waals surface area contributed by atoms with Gasteiger partial charge in [0.05, 0.1) is 10.7 Å². The van der Waals surface area contributed by atoms with Crippen LogP contribution in [0.3, 0.4) is 0 Å². The van der Waals surface area contributed by atoms with Gasteiger partial charge in [-0.15, -0.1) is 0 Å². The molecule has 3 aromatic rings. The summed E-state index contributed by atoms with van der Waals surface area (Å²) in [7, 11) is 0. The van der Waals surface area contributed by atoms with Crippen LogP contribution in [0.25, 0.3) is 10.9 Å². The number of aromatic nitrogens is 2. The fourth-order valence-electron chi connectivity index (χ4n) is 2.54. The minimum absolute atomic E-state index is 0.702. The van der Waals surface area contributed by atoms with Crippen molar-refractivity contribution in [2.24, 2.45) is 0 Å². The first-order valence-electron chi connectivity index (χ1n) is 7.18. The first-order chi connectivity index (χ1) is 10.3. The van der Waals surface area contributed by atoms with E-state index in [9.17, 15) is 0 Å². The summed E-state index contributed by atoms with van der Waals surface area (Å²) in [5.74, 6) is 0. The van der Waals surface area contributed by atoms with Crippen LogP contribution in [-0.2, 0) is 19.5 Å². The molecule has 0 fully saturated rings. The molecule has 0 aliphatic heterocycles. The zero-order chi connectivity index (χ0) is 14.7. The lowest BCUT2D eigenvalue weighted by molar-refractivity contribution is 0.665. The minimum atomic E-state index is 0.702. The number of fused-ring (bicyclic) bond motifs is 1. The van der Waals surface area contributed by atoms with E-state index in [2.05, 4.69) is 28.3 Å². The van der Waals surface area contributed by atoms with E-state index in [4.69, 9.17) is 11.6 Å². The van der Waals surface area contributed by atoms with Crippen LogP contribution in [0.2, 0.25) is 5.02 Å². The number of nitrogens with one attached hydrogen (secondary N) is 2. The fourth-order valence-corrected chi connectivity index (χ4v) is 2.82. The normalized spacial score (nSPS) is 11.1. The van der Waals surface area contributed by atoms with Gasteiger partial charge < -0.3 is 10.3 Å². The summed E-state index contributed by atoms with van der Waals surface area (Å²) in [4.78, 5) is 7.80. The highest BCUT2D eigenvalue weighted by Crippen LogP contribution is 2.26. The summed E-state index contributed by atoms with van der Waals surface area (Å²) in [6.07, 6.45) is 2.84. The lowest BCUT2D eigenvalue weighted by atomic mass is 10.1. The second kappa shape index (κ2) is 6.29. The van der Waals surface area contributed by atoms with Crippen molar-refractivity contribution in [1.82, 2.24) is 15.3 Å². The Labute approximate surface area is 129 Å². The summed E-state index contributed by atoms with van der Waals surface area (Å²) in [6.45, 7) is 3.60. The van der Waals surface area contributed by atoms with Gasteiger partial charge in [0.2, 0.25) is 0 Å². The Morgan fingerprint density at radius 2 is 2.00 bits per heavy atom. The average Bonchev–Trinajstić information content (AvgIpc) is 2.85. The van der Waals surface area contributed by atoms with Crippen LogP contribution in [-0.4, -0.2) is 9.97 Å². The zero-order valence-corrected chi connectivity index (χ0v) is 12.7. The molecule has 0 bridgehead atoms. The predicted molar refractivity (Wildman–Crippen MR) is 87.5 cm³/mol. The molecule has 2 N–H and O–H groups in total. The molecule has 3 nitrogen and oxygen atoms in total. The maximum absolute atomic E-state index is 6.41. The Bertz CT molecular complexity index is 749. The molecule has 1 aromatic carbocycles. The van der Waals surface area contributed by atoms with Gasteiger partial charge in [0.15, 0.2) is 0 Å². The first-order valence-corrected chi connectivity index (χ1v) is 7.56. The van der Waals surface area contributed by atoms with Crippen molar-refractivity contribution in [2.75, 3.05) is 0 Å². The standard InChI is InChI=1S/C17H18ClN3/c1-2-12-6-5-9-20-15(12)10-19-11-16-17(18)13-7-3-4-8-14(13)21-16/h3-9,19,21H,2,10-11H2,1H3. The van der Waals surface area contributed by atoms with Gasteiger partial charge in [-0.05, 0) is 24.1 Å². The molecule has 0 amide bonds. The third-order valence-electron chi connectivity index (χ3n) is 3.67. The monoisotopic (exact) mass is 299 g/mol. The molecule has 0 atom stereocenters. The molecule has 21 heavy (non-hydrogen) atoms. The molecule has 0 aliphatic carbocycles. The van der Waals surface area contributed by atoms with Gasteiger partial charge in [0.25, 0.3) is 0 Å². The summed E-state index contributed by atoms with van der Waals surface area (Å²) < 4.78 is 0. The molecule has 2 aromatic heterocycles. The maximum atomic E-state index is 6.41. The van der Waals surface area contributed by atoms with Crippen molar-refractivity contribution in [3.05, 3.63) is 64.6 Å². The van der Waals surface area contributed by atoms with Gasteiger partial charge in [0.1, 0.15) is 0 Å². The van der Waals surface area contributed by atoms with Crippen LogP contribution in [0.15, 0.2) is 42.6 Å². The van der Waals surface area contributed by atoms with Gasteiger partial charge in [-0.3, -0.25) is 4.98 Å². The Morgan fingerprint density at radius 3 is 2.81 bits per heavy atom. The van der Waals surface area contributed by atoms with E-state index in [0.717, 1.165) is 40.3 Å². The fraction of sp³-hybridized carbons (Fsp3) is 0.235. The first kappa shape index (κ1) is 14.1. The molecule has 4 heteroatoms. The second-order valence-corrected chi connectivity index (χ2v) is 5.41. The Balaban J connectivity index is 1.71. The highest BCUT2D eigenvalue weighted by atomic mass is 35.5. The number of halogens is 1. The molecule has 108 valence electrons. The van der Waals surface area contributed by atoms with Crippen LogP contribution < -0.4 is 5.32 Å². The van der Waals surface area contributed by atoms with Crippen molar-refractivity contribution in [3.63, 3.8) is 0 Å². The van der Waals surface area contributed by atoms with Crippen molar-refractivity contribution >= 4 is 22.5 Å². The molecule has 3 rings (SSSR count). The number of H-pyrrole nitrogens is 1. The van der Waals surface area contributed by atoms with Gasteiger partial charge in [-0.2, -0.15) is 0 Å². The number of pyridine rings is 1. The van der Waals surface area contributed by atoms with Crippen LogP contribution in [0.1, 0.15) is 23.9 Å². The smallest absolute Gasteiger partial charge is 0.0705 e. The Kier molecular flexibility index (Phi) is 4.23. The number of aryl methyl sites for hydroxylation is 1. The lowest BCUT2D eigenvalue weighted by Gasteiger charge is -2.07. The molecule has 0 saturated carbocycles. The van der Waals surface area contributed by atoms with Gasteiger partial charge >= 0.3 is 0 Å². The van der Waals surface area contributed by atoms with E-state index in [-0.39, 0.29) is 0 Å². The number of para-hydroxylation sites is 1. The average molecular weight is 300 g/mol. The highest BCUT2D eigenvalue weighted by molar-refractivity contribution is 6.36. The summed E-state index contributed by atoms with van der Waals surface area (Å²) in [5, 5.41) is 5.29. The van der Waals surface area contributed by atoms with Crippen LogP contribution in [0, 0.1) is 0 Å². The molecular weight excluding hydrogens is 282 g/mol. The quantitative estimate of drug-likeness (QED) is 0.745. The summed E-state index contributed by atoms with van der Waals surface area (Å²) >= 11 is 6.41. The third-order valence-corrected chi connectivity index (χ3v) is 4.11. The van der Waals surface area contributed by atoms with Crippen molar-refractivity contribution < 1.29 is 0 Å². The predicted octanol–water partition coefficient (Wildman–Crippen LogP) is 4.07. The molecule has 0 saturated heterocycles. The van der Waals surface area contributed by atoms with Gasteiger partial charge in [-0.25, -0.2) is 0 Å². The topological polar surface area (TPSA) is 40.7 Å². The molecule has 0 unspecified atom stereocenters. The molecule has 0 radical (unpaired) electrons. The van der Waals surface area contributed by atoms with Gasteiger partial charge in [-0.1, -0.05) is 42.8 Å². The highest BCUT2D eigenvalue weighted by Gasteiger charge is 2.08. The number of hydrogen-bond donors (Lipinski definition) is 2. The largest absolute Gasteiger partial charge is 0.356 e. The molecule has 0 aliphatic rings. The van der Waals surface area contributed by atoms with Gasteiger partial charge in [0, 0.05) is 35.9 Å². The number of aromatic amines is 1. The SMILES string of the molecule is CCc1cccnc1CNCc1[nH]c2ccccc2c1Cl. The third kappa shape index (κ3) is 2.94. The lowest BCUT2D eigenvalue weighted by Crippen LogP contribution is -2.15. The van der Waals surface area contributed by atoms with Crippen LogP contribution >= 0.6 is 11.6 Å². The molecular formula is C17H18ClN3. The minimum Gasteiger partial charge on any atom is -0.356 e. The summed E-state index contributed by atoms with van der Waals surface area (Å²) in [5.41, 5.74) is 4.48. The molecule has 2 heterocycles. The van der Waals surface area contributed by atoms with Crippen molar-refractivity contribution in [3.8, 4) is 0 Å². The van der Waals surface area contributed by atoms with Crippen LogP contribution in [0.5, 0.6) is 0 Å². The molecule has 0 spiro atoms. The zero-order valence-electron chi connectivity index (χ0n) is 12.0. The van der Waals surface area contributed by atoms with Crippen molar-refractivity contribution in [1.29, 1.82) is 0 Å². The van der Waals surface area contributed by atoms with E-state index in [1.165, 1.54) is 5.56 Å². The number of nitrogens with zero attached hydrogens (tertiary/aromatic N) is 1. The number of benzene rings is 1. The maximum Gasteiger partial charge on any atom is 0.0705 e. The number of rotatable bonds is 5. The van der Waals surface area contributed by atoms with E-state index < -0.39 is 0 Å². The second-order valence-electron chi connectivity index (χ2n) is 5.03. The Hall–Kier alpha value is -1.84. The van der Waals surface area contributed by atoms with E-state index in [1.54, 1.807) is 0 Å². The van der Waals surface area contributed by atoms with E-state index in [0.29, 0.717) is 6.54 Å².